The van der Waals surface area contributed by atoms with Gasteiger partial charge in [-0.05, 0) is 51.5 Å². The second-order valence-corrected chi connectivity index (χ2v) is 8.47. The number of fused-ring (bicyclic) bond motifs is 1. The molecule has 0 saturated carbocycles. The van der Waals surface area contributed by atoms with Crippen molar-refractivity contribution in [2.24, 2.45) is 7.05 Å². The third kappa shape index (κ3) is 3.98. The largest absolute Gasteiger partial charge is 0.476 e. The molecule has 0 saturated heterocycles. The monoisotopic (exact) mass is 466 g/mol. The van der Waals surface area contributed by atoms with Crippen LogP contribution in [0.5, 0.6) is 0 Å². The topological polar surface area (TPSA) is 110 Å². The molecule has 170 valence electrons. The van der Waals surface area contributed by atoms with E-state index >= 15 is 0 Å². The summed E-state index contributed by atoms with van der Waals surface area (Å²) >= 11 is 5.88. The molecule has 0 aliphatic rings. The smallest absolute Gasteiger partial charge is 0.356 e. The van der Waals surface area contributed by atoms with Gasteiger partial charge in [-0.1, -0.05) is 17.7 Å². The van der Waals surface area contributed by atoms with Gasteiger partial charge >= 0.3 is 5.97 Å². The number of pyridine rings is 1. The van der Waals surface area contributed by atoms with Crippen LogP contribution in [0.1, 0.15) is 45.8 Å². The minimum atomic E-state index is -1.20. The van der Waals surface area contributed by atoms with Gasteiger partial charge in [-0.15, -0.1) is 0 Å². The molecule has 0 unspecified atom stereocenters. The Morgan fingerprint density at radius 2 is 1.97 bits per heavy atom. The van der Waals surface area contributed by atoms with Crippen LogP contribution in [0.4, 0.5) is 5.69 Å². The Bertz CT molecular complexity index is 1470. The second-order valence-electron chi connectivity index (χ2n) is 8.08. The summed E-state index contributed by atoms with van der Waals surface area (Å²) in [5, 5.41) is 17.5. The maximum atomic E-state index is 13.3. The van der Waals surface area contributed by atoms with Crippen molar-refractivity contribution in [1.29, 1.82) is 0 Å². The summed E-state index contributed by atoms with van der Waals surface area (Å²) in [5.74, 6) is -0.729. The minimum Gasteiger partial charge on any atom is -0.476 e. The SMILES string of the molecule is Cc1cc([C@@H](C)Nc2ccc(Cl)nc2C(=O)O)c2oc(-c3cnn(C)c3C)c(C)c(=O)c2c1. The van der Waals surface area contributed by atoms with E-state index in [1.807, 2.05) is 33.9 Å². The highest BCUT2D eigenvalue weighted by molar-refractivity contribution is 6.29. The molecule has 0 fully saturated rings. The number of carboxylic acids is 1. The number of nitrogens with zero attached hydrogens (tertiary/aromatic N) is 3. The zero-order valence-corrected chi connectivity index (χ0v) is 19.6. The number of carbonyl (C=O) groups is 1. The van der Waals surface area contributed by atoms with Crippen molar-refractivity contribution in [3.8, 4) is 11.3 Å². The Balaban J connectivity index is 1.90. The second kappa shape index (κ2) is 8.37. The Morgan fingerprint density at radius 1 is 1.24 bits per heavy atom. The molecule has 0 radical (unpaired) electrons. The van der Waals surface area contributed by atoms with Gasteiger partial charge in [0.15, 0.2) is 11.1 Å². The van der Waals surface area contributed by atoms with E-state index in [4.69, 9.17) is 16.0 Å². The zero-order valence-electron chi connectivity index (χ0n) is 18.9. The number of anilines is 1. The molecule has 8 nitrogen and oxygen atoms in total. The summed E-state index contributed by atoms with van der Waals surface area (Å²) in [6.45, 7) is 7.42. The summed E-state index contributed by atoms with van der Waals surface area (Å²) in [5.41, 5.74) is 4.18. The number of nitrogens with one attached hydrogen (secondary N) is 1. The molecule has 0 bridgehead atoms. The number of carboxylic acid groups (broad SMARTS) is 1. The summed E-state index contributed by atoms with van der Waals surface area (Å²) in [7, 11) is 1.83. The number of benzene rings is 1. The number of aromatic carboxylic acids is 1. The molecule has 4 rings (SSSR count). The lowest BCUT2D eigenvalue weighted by atomic mass is 9.99. The van der Waals surface area contributed by atoms with E-state index in [0.717, 1.165) is 22.4 Å². The Kier molecular flexibility index (Phi) is 5.71. The molecule has 4 aromatic rings. The quantitative estimate of drug-likeness (QED) is 0.396. The maximum absolute atomic E-state index is 13.3. The van der Waals surface area contributed by atoms with Gasteiger partial charge in [0.25, 0.3) is 0 Å². The number of hydrogen-bond acceptors (Lipinski definition) is 6. The van der Waals surface area contributed by atoms with Crippen LogP contribution in [-0.2, 0) is 7.05 Å². The lowest BCUT2D eigenvalue weighted by Crippen LogP contribution is -2.14. The average Bonchev–Trinajstić information content (AvgIpc) is 3.09. The van der Waals surface area contributed by atoms with Crippen LogP contribution < -0.4 is 10.7 Å². The van der Waals surface area contributed by atoms with E-state index in [9.17, 15) is 14.7 Å². The summed E-state index contributed by atoms with van der Waals surface area (Å²) in [6.07, 6.45) is 1.68. The van der Waals surface area contributed by atoms with Crippen molar-refractivity contribution in [3.05, 3.63) is 73.9 Å². The predicted octanol–water partition coefficient (Wildman–Crippen LogP) is 5.04. The van der Waals surface area contributed by atoms with E-state index in [-0.39, 0.29) is 16.3 Å². The Hall–Kier alpha value is -3.65. The van der Waals surface area contributed by atoms with Crippen LogP contribution in [0, 0.1) is 20.8 Å². The fraction of sp³-hybridized carbons (Fsp3) is 0.250. The average molecular weight is 467 g/mol. The van der Waals surface area contributed by atoms with E-state index in [1.165, 1.54) is 6.07 Å². The van der Waals surface area contributed by atoms with E-state index in [2.05, 4.69) is 15.4 Å². The molecule has 0 aliphatic heterocycles. The van der Waals surface area contributed by atoms with Gasteiger partial charge in [-0.3, -0.25) is 9.48 Å². The van der Waals surface area contributed by atoms with E-state index < -0.39 is 12.0 Å². The highest BCUT2D eigenvalue weighted by atomic mass is 35.5. The minimum absolute atomic E-state index is 0.0876. The van der Waals surface area contributed by atoms with Crippen LogP contribution >= 0.6 is 11.6 Å². The normalized spacial score (nSPS) is 12.2. The van der Waals surface area contributed by atoms with Crippen molar-refractivity contribution in [1.82, 2.24) is 14.8 Å². The van der Waals surface area contributed by atoms with Crippen LogP contribution in [0.25, 0.3) is 22.3 Å². The van der Waals surface area contributed by atoms with E-state index in [0.29, 0.717) is 28.0 Å². The van der Waals surface area contributed by atoms with Crippen molar-refractivity contribution in [2.45, 2.75) is 33.7 Å². The number of hydrogen-bond donors (Lipinski definition) is 2. The number of halogens is 1. The van der Waals surface area contributed by atoms with Gasteiger partial charge in [0.1, 0.15) is 16.5 Å². The Morgan fingerprint density at radius 3 is 2.61 bits per heavy atom. The summed E-state index contributed by atoms with van der Waals surface area (Å²) < 4.78 is 8.07. The molecule has 0 spiro atoms. The van der Waals surface area contributed by atoms with Gasteiger partial charge in [-0.2, -0.15) is 5.10 Å². The molecule has 3 aromatic heterocycles. The fourth-order valence-corrected chi connectivity index (χ4v) is 4.04. The van der Waals surface area contributed by atoms with Gasteiger partial charge in [0.2, 0.25) is 0 Å². The molecule has 3 heterocycles. The number of aryl methyl sites for hydroxylation is 2. The van der Waals surface area contributed by atoms with Crippen LogP contribution in [0.15, 0.2) is 39.7 Å². The highest BCUT2D eigenvalue weighted by Crippen LogP contribution is 2.33. The van der Waals surface area contributed by atoms with Crippen molar-refractivity contribution < 1.29 is 14.3 Å². The highest BCUT2D eigenvalue weighted by Gasteiger charge is 2.22. The van der Waals surface area contributed by atoms with Gasteiger partial charge in [0.05, 0.1) is 28.9 Å². The first-order valence-electron chi connectivity index (χ1n) is 10.3. The first kappa shape index (κ1) is 22.5. The van der Waals surface area contributed by atoms with Crippen molar-refractivity contribution in [3.63, 3.8) is 0 Å². The summed E-state index contributed by atoms with van der Waals surface area (Å²) in [6, 6.07) is 6.41. The third-order valence-electron chi connectivity index (χ3n) is 5.77. The molecule has 0 aliphatic carbocycles. The third-order valence-corrected chi connectivity index (χ3v) is 5.98. The van der Waals surface area contributed by atoms with Crippen LogP contribution in [0.3, 0.4) is 0 Å². The van der Waals surface area contributed by atoms with Gasteiger partial charge in [-0.25, -0.2) is 9.78 Å². The Labute approximate surface area is 194 Å². The lowest BCUT2D eigenvalue weighted by Gasteiger charge is -2.19. The lowest BCUT2D eigenvalue weighted by molar-refractivity contribution is 0.0691. The van der Waals surface area contributed by atoms with Gasteiger partial charge in [0, 0.05) is 23.9 Å². The van der Waals surface area contributed by atoms with Gasteiger partial charge < -0.3 is 14.8 Å². The summed E-state index contributed by atoms with van der Waals surface area (Å²) in [4.78, 5) is 28.9. The zero-order chi connectivity index (χ0) is 24.0. The number of rotatable bonds is 5. The first-order chi connectivity index (χ1) is 15.6. The van der Waals surface area contributed by atoms with Crippen molar-refractivity contribution >= 4 is 34.2 Å². The molecule has 1 atom stereocenters. The standard InChI is InChI=1S/C24H23ClN4O4/c1-11-8-15(13(3)27-18-6-7-19(25)28-20(18)24(31)32)23-16(9-11)21(30)12(2)22(33-23)17-10-26-29(5)14(17)4/h6-10,13,27H,1-5H3,(H,31,32)/t13-/m1/s1. The van der Waals surface area contributed by atoms with Crippen LogP contribution in [-0.4, -0.2) is 25.8 Å². The molecule has 33 heavy (non-hydrogen) atoms. The van der Waals surface area contributed by atoms with Crippen molar-refractivity contribution in [2.75, 3.05) is 5.32 Å². The number of aromatic nitrogens is 3. The molecule has 2 N–H and O–H groups in total. The first-order valence-corrected chi connectivity index (χ1v) is 10.7. The van der Waals surface area contributed by atoms with E-state index in [1.54, 1.807) is 29.9 Å². The molecule has 0 amide bonds. The molecular weight excluding hydrogens is 444 g/mol. The fourth-order valence-electron chi connectivity index (χ4n) is 3.89. The molecule has 1 aromatic carbocycles. The van der Waals surface area contributed by atoms with Crippen LogP contribution in [0.2, 0.25) is 5.15 Å². The maximum Gasteiger partial charge on any atom is 0.356 e. The molecule has 9 heteroatoms. The predicted molar refractivity (Wildman–Crippen MR) is 127 cm³/mol. The molecular formula is C24H23ClN4O4.